The molecule has 0 aromatic rings. The molecule has 0 radical (unpaired) electrons. The summed E-state index contributed by atoms with van der Waals surface area (Å²) in [6.07, 6.45) is 1.22. The van der Waals surface area contributed by atoms with Crippen molar-refractivity contribution in [1.29, 1.82) is 0 Å². The zero-order valence-corrected chi connectivity index (χ0v) is 8.13. The lowest BCUT2D eigenvalue weighted by molar-refractivity contribution is 0.194. The normalized spacial score (nSPS) is 16.3. The van der Waals surface area contributed by atoms with Crippen LogP contribution >= 0.6 is 0 Å². The van der Waals surface area contributed by atoms with Gasteiger partial charge in [0.15, 0.2) is 0 Å². The van der Waals surface area contributed by atoms with Crippen molar-refractivity contribution in [2.24, 2.45) is 10.9 Å². The van der Waals surface area contributed by atoms with E-state index in [-0.39, 0.29) is 11.5 Å². The van der Waals surface area contributed by atoms with Gasteiger partial charge in [0.1, 0.15) is 0 Å². The second-order valence-corrected chi connectivity index (χ2v) is 4.18. The number of nitrogens with zero attached hydrogens (tertiary/aromatic N) is 1. The van der Waals surface area contributed by atoms with Gasteiger partial charge in [0.25, 0.3) is 0 Å². The first-order valence-corrected chi connectivity index (χ1v) is 4.06. The number of hydrogen-bond donors (Lipinski definition) is 1. The number of aliphatic hydroxyl groups excluding tert-OH is 1. The predicted molar refractivity (Wildman–Crippen MR) is 49.1 cm³/mol. The van der Waals surface area contributed by atoms with Crippen molar-refractivity contribution in [3.8, 4) is 0 Å². The fraction of sp³-hybridized carbons (Fsp3) is 0.889. The van der Waals surface area contributed by atoms with Crippen LogP contribution in [-0.4, -0.2) is 23.0 Å². The van der Waals surface area contributed by atoms with E-state index < -0.39 is 6.10 Å². The minimum atomic E-state index is -0.408. The highest BCUT2D eigenvalue weighted by Gasteiger charge is 2.09. The van der Waals surface area contributed by atoms with Crippen molar-refractivity contribution in [3.05, 3.63) is 0 Å². The minimum Gasteiger partial charge on any atom is -0.387 e. The quantitative estimate of drug-likeness (QED) is 0.610. The van der Waals surface area contributed by atoms with Crippen LogP contribution in [0.3, 0.4) is 0 Å². The second-order valence-electron chi connectivity index (χ2n) is 4.18. The van der Waals surface area contributed by atoms with Crippen LogP contribution in [0.2, 0.25) is 0 Å². The Kier molecular flexibility index (Phi) is 3.73. The number of rotatable bonds is 2. The fourth-order valence-electron chi connectivity index (χ4n) is 0.472. The van der Waals surface area contributed by atoms with Crippen LogP contribution in [0.15, 0.2) is 4.99 Å². The van der Waals surface area contributed by atoms with E-state index in [1.165, 1.54) is 0 Å². The van der Waals surface area contributed by atoms with Crippen molar-refractivity contribution >= 4 is 6.21 Å². The topological polar surface area (TPSA) is 32.6 Å². The smallest absolute Gasteiger partial charge is 0.0909 e. The van der Waals surface area contributed by atoms with E-state index >= 15 is 0 Å². The fourth-order valence-corrected chi connectivity index (χ4v) is 0.472. The van der Waals surface area contributed by atoms with Gasteiger partial charge < -0.3 is 5.11 Å². The van der Waals surface area contributed by atoms with Crippen molar-refractivity contribution < 1.29 is 5.11 Å². The molecule has 0 aromatic carbocycles. The molecule has 11 heavy (non-hydrogen) atoms. The molecule has 1 atom stereocenters. The molecule has 1 unspecified atom stereocenters. The highest BCUT2D eigenvalue weighted by Crippen LogP contribution is 2.06. The van der Waals surface area contributed by atoms with Gasteiger partial charge in [0.05, 0.1) is 11.6 Å². The molecule has 0 amide bonds. The first kappa shape index (κ1) is 10.6. The van der Waals surface area contributed by atoms with E-state index in [1.807, 2.05) is 34.6 Å². The van der Waals surface area contributed by atoms with Crippen LogP contribution in [0.1, 0.15) is 34.6 Å². The molecule has 0 spiro atoms. The Labute approximate surface area is 69.3 Å². The highest BCUT2D eigenvalue weighted by atomic mass is 16.3. The van der Waals surface area contributed by atoms with Crippen molar-refractivity contribution in [2.75, 3.05) is 0 Å². The Balaban J connectivity index is 3.93. The maximum atomic E-state index is 9.34. The Morgan fingerprint density at radius 1 is 1.27 bits per heavy atom. The monoisotopic (exact) mass is 157 g/mol. The lowest BCUT2D eigenvalue weighted by atomic mass is 10.1. The van der Waals surface area contributed by atoms with Crippen LogP contribution < -0.4 is 0 Å². The number of hydrogen-bond acceptors (Lipinski definition) is 2. The standard InChI is InChI=1S/C9H19NO/c1-7(2)8(11)6-10-9(3,4)5/h6-8,11H,1-5H3. The van der Waals surface area contributed by atoms with Gasteiger partial charge >= 0.3 is 0 Å². The largest absolute Gasteiger partial charge is 0.387 e. The molecule has 0 saturated heterocycles. The molecule has 0 bridgehead atoms. The van der Waals surface area contributed by atoms with E-state index in [9.17, 15) is 5.11 Å². The average molecular weight is 157 g/mol. The summed E-state index contributed by atoms with van der Waals surface area (Å²) in [5.74, 6) is 0.251. The summed E-state index contributed by atoms with van der Waals surface area (Å²) in [7, 11) is 0. The van der Waals surface area contributed by atoms with Crippen LogP contribution in [0.25, 0.3) is 0 Å². The summed E-state index contributed by atoms with van der Waals surface area (Å²) in [5.41, 5.74) is -0.0735. The summed E-state index contributed by atoms with van der Waals surface area (Å²) in [5, 5.41) is 9.34. The SMILES string of the molecule is CC(C)C(O)C=NC(C)(C)C. The summed E-state index contributed by atoms with van der Waals surface area (Å²) in [6, 6.07) is 0. The van der Waals surface area contributed by atoms with E-state index in [2.05, 4.69) is 4.99 Å². The first-order valence-electron chi connectivity index (χ1n) is 4.06. The molecular formula is C9H19NO. The Morgan fingerprint density at radius 2 is 1.73 bits per heavy atom. The van der Waals surface area contributed by atoms with Gasteiger partial charge in [-0.3, -0.25) is 4.99 Å². The summed E-state index contributed by atoms with van der Waals surface area (Å²) >= 11 is 0. The lowest BCUT2D eigenvalue weighted by Crippen LogP contribution is -2.19. The van der Waals surface area contributed by atoms with Crippen LogP contribution in [-0.2, 0) is 0 Å². The van der Waals surface area contributed by atoms with E-state index in [4.69, 9.17) is 0 Å². The maximum absolute atomic E-state index is 9.34. The third kappa shape index (κ3) is 6.05. The Morgan fingerprint density at radius 3 is 2.00 bits per heavy atom. The second kappa shape index (κ2) is 3.86. The van der Waals surface area contributed by atoms with Crippen molar-refractivity contribution in [2.45, 2.75) is 46.3 Å². The van der Waals surface area contributed by atoms with E-state index in [1.54, 1.807) is 6.21 Å². The Bertz CT molecular complexity index is 133. The van der Waals surface area contributed by atoms with Crippen molar-refractivity contribution in [3.63, 3.8) is 0 Å². The number of aliphatic imine (C=N–C) groups is 1. The summed E-state index contributed by atoms with van der Waals surface area (Å²) < 4.78 is 0. The lowest BCUT2D eigenvalue weighted by Gasteiger charge is -2.14. The van der Waals surface area contributed by atoms with Gasteiger partial charge in [-0.25, -0.2) is 0 Å². The molecule has 66 valence electrons. The molecule has 0 fully saturated rings. The molecule has 0 aromatic heterocycles. The summed E-state index contributed by atoms with van der Waals surface area (Å²) in [6.45, 7) is 9.97. The molecule has 0 saturated carbocycles. The summed E-state index contributed by atoms with van der Waals surface area (Å²) in [4.78, 5) is 4.20. The van der Waals surface area contributed by atoms with Crippen LogP contribution in [0.5, 0.6) is 0 Å². The van der Waals surface area contributed by atoms with Gasteiger partial charge in [-0.15, -0.1) is 0 Å². The molecule has 2 nitrogen and oxygen atoms in total. The zero-order valence-electron chi connectivity index (χ0n) is 8.13. The third-order valence-corrected chi connectivity index (χ3v) is 1.30. The highest BCUT2D eigenvalue weighted by molar-refractivity contribution is 5.63. The predicted octanol–water partition coefficient (Wildman–Crippen LogP) is 1.87. The molecule has 1 N–H and O–H groups in total. The van der Waals surface area contributed by atoms with Gasteiger partial charge in [-0.05, 0) is 26.7 Å². The van der Waals surface area contributed by atoms with Gasteiger partial charge in [-0.2, -0.15) is 0 Å². The average Bonchev–Trinajstić information content (AvgIpc) is 1.80. The Hall–Kier alpha value is -0.370. The zero-order chi connectivity index (χ0) is 9.07. The molecule has 0 rings (SSSR count). The molecule has 2 heteroatoms. The molecule has 0 aliphatic rings. The molecule has 0 aliphatic heterocycles. The van der Waals surface area contributed by atoms with Crippen LogP contribution in [0, 0.1) is 5.92 Å². The van der Waals surface area contributed by atoms with Gasteiger partial charge in [0, 0.05) is 6.21 Å². The van der Waals surface area contributed by atoms with E-state index in [0.717, 1.165) is 0 Å². The molecule has 0 heterocycles. The number of aliphatic hydroxyl groups is 1. The van der Waals surface area contributed by atoms with Gasteiger partial charge in [-0.1, -0.05) is 13.8 Å². The minimum absolute atomic E-state index is 0.0735. The first-order chi connectivity index (χ1) is 4.83. The van der Waals surface area contributed by atoms with Crippen molar-refractivity contribution in [1.82, 2.24) is 0 Å². The molecule has 0 aliphatic carbocycles. The maximum Gasteiger partial charge on any atom is 0.0909 e. The molecular weight excluding hydrogens is 138 g/mol. The third-order valence-electron chi connectivity index (χ3n) is 1.30. The van der Waals surface area contributed by atoms with Crippen LogP contribution in [0.4, 0.5) is 0 Å². The van der Waals surface area contributed by atoms with Gasteiger partial charge in [0.2, 0.25) is 0 Å². The van der Waals surface area contributed by atoms with E-state index in [0.29, 0.717) is 0 Å².